The minimum atomic E-state index is -0.311. The number of hydrogen-bond acceptors (Lipinski definition) is 2. The highest BCUT2D eigenvalue weighted by Gasteiger charge is 2.14. The Morgan fingerprint density at radius 2 is 2.29 bits per heavy atom. The van der Waals surface area contributed by atoms with Gasteiger partial charge in [-0.1, -0.05) is 12.1 Å². The van der Waals surface area contributed by atoms with Crippen LogP contribution in [0.3, 0.4) is 0 Å². The lowest BCUT2D eigenvalue weighted by Crippen LogP contribution is -2.34. The number of benzene rings is 1. The van der Waals surface area contributed by atoms with Crippen molar-refractivity contribution in [2.75, 3.05) is 13.2 Å². The van der Waals surface area contributed by atoms with Crippen LogP contribution >= 0.6 is 0 Å². The van der Waals surface area contributed by atoms with E-state index >= 15 is 0 Å². The average Bonchev–Trinajstić information content (AvgIpc) is 2.37. The number of hydroxylamine groups is 2. The fourth-order valence-corrected chi connectivity index (χ4v) is 1.63. The number of rotatable bonds is 2. The predicted octanol–water partition coefficient (Wildman–Crippen LogP) is 2.39. The van der Waals surface area contributed by atoms with Crippen molar-refractivity contribution in [3.05, 3.63) is 41.7 Å². The van der Waals surface area contributed by atoms with E-state index in [-0.39, 0.29) is 11.7 Å². The van der Waals surface area contributed by atoms with Crippen LogP contribution in [-0.4, -0.2) is 24.1 Å². The summed E-state index contributed by atoms with van der Waals surface area (Å²) >= 11 is 0. The minimum absolute atomic E-state index is 0.200. The zero-order valence-electron chi connectivity index (χ0n) is 9.43. The summed E-state index contributed by atoms with van der Waals surface area (Å²) in [7, 11) is 0. The maximum Gasteiger partial charge on any atom is 0.270 e. The van der Waals surface area contributed by atoms with Gasteiger partial charge >= 0.3 is 0 Å². The van der Waals surface area contributed by atoms with E-state index in [0.29, 0.717) is 18.7 Å². The Morgan fingerprint density at radius 3 is 3.00 bits per heavy atom. The lowest BCUT2D eigenvalue weighted by atomic mass is 10.2. The van der Waals surface area contributed by atoms with Crippen LogP contribution in [0.25, 0.3) is 6.08 Å². The van der Waals surface area contributed by atoms with Gasteiger partial charge in [-0.3, -0.25) is 9.63 Å². The van der Waals surface area contributed by atoms with E-state index in [9.17, 15) is 9.18 Å². The van der Waals surface area contributed by atoms with Crippen LogP contribution in [0.15, 0.2) is 30.3 Å². The number of nitrogens with zero attached hydrogens (tertiary/aromatic N) is 1. The molecule has 0 bridgehead atoms. The molecule has 0 aromatic heterocycles. The third-order valence-corrected chi connectivity index (χ3v) is 2.52. The second-order valence-corrected chi connectivity index (χ2v) is 3.87. The maximum atomic E-state index is 12.9. The molecule has 2 rings (SSSR count). The van der Waals surface area contributed by atoms with Gasteiger partial charge in [-0.15, -0.1) is 0 Å². The fraction of sp³-hybridized carbons (Fsp3) is 0.308. The molecule has 1 saturated heterocycles. The Labute approximate surface area is 99.4 Å². The molecule has 0 saturated carbocycles. The summed E-state index contributed by atoms with van der Waals surface area (Å²) in [5.41, 5.74) is 0.662. The first-order valence-corrected chi connectivity index (χ1v) is 5.64. The van der Waals surface area contributed by atoms with Gasteiger partial charge in [0.1, 0.15) is 5.82 Å². The van der Waals surface area contributed by atoms with E-state index in [0.717, 1.165) is 12.8 Å². The van der Waals surface area contributed by atoms with Crippen LogP contribution in [0.1, 0.15) is 18.4 Å². The van der Waals surface area contributed by atoms with E-state index in [2.05, 4.69) is 0 Å². The van der Waals surface area contributed by atoms with Crippen molar-refractivity contribution in [3.8, 4) is 0 Å². The zero-order chi connectivity index (χ0) is 12.1. The maximum absolute atomic E-state index is 12.9. The molecule has 0 N–H and O–H groups in total. The number of carbonyl (C=O) groups is 1. The Hall–Kier alpha value is -1.68. The summed E-state index contributed by atoms with van der Waals surface area (Å²) in [6, 6.07) is 6.09. The average molecular weight is 235 g/mol. The van der Waals surface area contributed by atoms with Crippen LogP contribution < -0.4 is 0 Å². The molecule has 4 heteroatoms. The Kier molecular flexibility index (Phi) is 3.88. The summed E-state index contributed by atoms with van der Waals surface area (Å²) in [4.78, 5) is 16.9. The molecule has 0 aliphatic carbocycles. The van der Waals surface area contributed by atoms with Crippen LogP contribution in [0.2, 0.25) is 0 Å². The SMILES string of the molecule is O=C(/C=C/c1cccc(F)c1)N1CCCCO1. The van der Waals surface area contributed by atoms with Crippen LogP contribution in [0.4, 0.5) is 4.39 Å². The predicted molar refractivity (Wildman–Crippen MR) is 62.3 cm³/mol. The third-order valence-electron chi connectivity index (χ3n) is 2.52. The summed E-state index contributed by atoms with van der Waals surface area (Å²) in [5.74, 6) is -0.511. The molecule has 1 heterocycles. The van der Waals surface area contributed by atoms with E-state index in [1.807, 2.05) is 0 Å². The van der Waals surface area contributed by atoms with Crippen molar-refractivity contribution >= 4 is 12.0 Å². The highest BCUT2D eigenvalue weighted by molar-refractivity contribution is 5.91. The normalized spacial score (nSPS) is 16.4. The summed E-state index contributed by atoms with van der Waals surface area (Å²) < 4.78 is 12.9. The van der Waals surface area contributed by atoms with E-state index in [4.69, 9.17) is 4.84 Å². The van der Waals surface area contributed by atoms with Gasteiger partial charge in [0.25, 0.3) is 5.91 Å². The van der Waals surface area contributed by atoms with Gasteiger partial charge in [0.05, 0.1) is 6.61 Å². The number of halogens is 1. The van der Waals surface area contributed by atoms with Gasteiger partial charge in [0.15, 0.2) is 0 Å². The van der Waals surface area contributed by atoms with Gasteiger partial charge in [0.2, 0.25) is 0 Å². The minimum Gasteiger partial charge on any atom is -0.271 e. The second-order valence-electron chi connectivity index (χ2n) is 3.87. The molecule has 1 aliphatic heterocycles. The van der Waals surface area contributed by atoms with Crippen molar-refractivity contribution in [1.29, 1.82) is 0 Å². The Bertz CT molecular complexity index is 425. The van der Waals surface area contributed by atoms with Crippen molar-refractivity contribution in [2.24, 2.45) is 0 Å². The van der Waals surface area contributed by atoms with Crippen LogP contribution in [0.5, 0.6) is 0 Å². The quantitative estimate of drug-likeness (QED) is 0.737. The van der Waals surface area contributed by atoms with Gasteiger partial charge in [-0.05, 0) is 36.6 Å². The van der Waals surface area contributed by atoms with E-state index in [1.54, 1.807) is 18.2 Å². The highest BCUT2D eigenvalue weighted by atomic mass is 19.1. The Balaban J connectivity index is 1.97. The molecule has 1 aliphatic rings. The molecule has 0 spiro atoms. The highest BCUT2D eigenvalue weighted by Crippen LogP contribution is 2.09. The van der Waals surface area contributed by atoms with Crippen molar-refractivity contribution in [3.63, 3.8) is 0 Å². The fourth-order valence-electron chi connectivity index (χ4n) is 1.63. The molecule has 1 fully saturated rings. The first-order chi connectivity index (χ1) is 8.25. The molecule has 17 heavy (non-hydrogen) atoms. The number of amides is 1. The van der Waals surface area contributed by atoms with Gasteiger partial charge in [-0.25, -0.2) is 9.45 Å². The van der Waals surface area contributed by atoms with E-state index in [1.165, 1.54) is 23.3 Å². The first kappa shape index (κ1) is 11.8. The first-order valence-electron chi connectivity index (χ1n) is 5.64. The lowest BCUT2D eigenvalue weighted by Gasteiger charge is -2.24. The standard InChI is InChI=1S/C13H14FNO2/c14-12-5-3-4-11(10-12)6-7-13(16)15-8-1-2-9-17-15/h3-7,10H,1-2,8-9H2/b7-6+. The Morgan fingerprint density at radius 1 is 1.41 bits per heavy atom. The monoisotopic (exact) mass is 235 g/mol. The molecule has 3 nitrogen and oxygen atoms in total. The molecule has 1 aromatic rings. The van der Waals surface area contributed by atoms with Crippen molar-refractivity contribution in [2.45, 2.75) is 12.8 Å². The molecule has 90 valence electrons. The van der Waals surface area contributed by atoms with Crippen LogP contribution in [-0.2, 0) is 9.63 Å². The van der Waals surface area contributed by atoms with E-state index < -0.39 is 0 Å². The van der Waals surface area contributed by atoms with Crippen molar-refractivity contribution in [1.82, 2.24) is 5.06 Å². The zero-order valence-corrected chi connectivity index (χ0v) is 9.43. The lowest BCUT2D eigenvalue weighted by molar-refractivity contribution is -0.191. The summed E-state index contributed by atoms with van der Waals surface area (Å²) in [5, 5.41) is 1.35. The molecule has 0 radical (unpaired) electrons. The molecule has 0 atom stereocenters. The van der Waals surface area contributed by atoms with Gasteiger partial charge in [0, 0.05) is 12.6 Å². The third kappa shape index (κ3) is 3.39. The largest absolute Gasteiger partial charge is 0.271 e. The molecule has 1 amide bonds. The molecular formula is C13H14FNO2. The molecule has 1 aromatic carbocycles. The smallest absolute Gasteiger partial charge is 0.270 e. The second kappa shape index (κ2) is 5.59. The van der Waals surface area contributed by atoms with Gasteiger partial charge < -0.3 is 0 Å². The van der Waals surface area contributed by atoms with Crippen molar-refractivity contribution < 1.29 is 14.0 Å². The van der Waals surface area contributed by atoms with Gasteiger partial charge in [-0.2, -0.15) is 0 Å². The summed E-state index contributed by atoms with van der Waals surface area (Å²) in [6.45, 7) is 1.20. The number of carbonyl (C=O) groups excluding carboxylic acids is 1. The van der Waals surface area contributed by atoms with Crippen LogP contribution in [0, 0.1) is 5.82 Å². The number of hydrogen-bond donors (Lipinski definition) is 0. The topological polar surface area (TPSA) is 29.5 Å². The molecular weight excluding hydrogens is 221 g/mol. The summed E-state index contributed by atoms with van der Waals surface area (Å²) in [6.07, 6.45) is 4.93. The molecule has 0 unspecified atom stereocenters.